The summed E-state index contributed by atoms with van der Waals surface area (Å²) < 4.78 is 6.57. The number of hydrogen-bond acceptors (Lipinski definition) is 4. The van der Waals surface area contributed by atoms with Gasteiger partial charge in [-0.3, -0.25) is 0 Å². The zero-order valence-electron chi connectivity index (χ0n) is 12.6. The molecule has 112 valence electrons. The molecule has 4 nitrogen and oxygen atoms in total. The normalized spacial score (nSPS) is 10.7. The van der Waals surface area contributed by atoms with Crippen molar-refractivity contribution in [1.82, 2.24) is 9.97 Å². The molecule has 0 atom stereocenters. The molecule has 0 unspecified atom stereocenters. The maximum atomic E-state index is 5.83. The van der Waals surface area contributed by atoms with Gasteiger partial charge in [0.2, 0.25) is 5.88 Å². The zero-order chi connectivity index (χ0) is 15.2. The minimum atomic E-state index is 0.509. The number of hydrogen-bond donors (Lipinski definition) is 1. The monoisotopic (exact) mass is 349 g/mol. The Kier molecular flexibility index (Phi) is 5.56. The number of nitrogens with one attached hydrogen (secondary N) is 1. The Hall–Kier alpha value is -1.62. The first-order chi connectivity index (χ1) is 10.1. The molecule has 1 aromatic carbocycles. The SMILES string of the molecule is CCCNc1ncnc(Oc2ccc(C(C)C)cc2)c1Br. The Morgan fingerprint density at radius 1 is 1.19 bits per heavy atom. The summed E-state index contributed by atoms with van der Waals surface area (Å²) in [5, 5.41) is 3.23. The second kappa shape index (κ2) is 7.41. The van der Waals surface area contributed by atoms with E-state index in [1.807, 2.05) is 12.1 Å². The van der Waals surface area contributed by atoms with Gasteiger partial charge in [0.15, 0.2) is 0 Å². The molecule has 2 aromatic rings. The maximum absolute atomic E-state index is 5.83. The molecule has 21 heavy (non-hydrogen) atoms. The summed E-state index contributed by atoms with van der Waals surface area (Å²) in [7, 11) is 0. The second-order valence-electron chi connectivity index (χ2n) is 5.09. The van der Waals surface area contributed by atoms with Gasteiger partial charge in [-0.25, -0.2) is 9.97 Å². The molecule has 0 aliphatic rings. The average Bonchev–Trinajstić information content (AvgIpc) is 2.49. The molecule has 2 rings (SSSR count). The third-order valence-corrected chi connectivity index (χ3v) is 3.78. The Bertz CT molecular complexity index is 585. The molecule has 0 radical (unpaired) electrons. The van der Waals surface area contributed by atoms with E-state index in [1.165, 1.54) is 11.9 Å². The van der Waals surface area contributed by atoms with Crippen LogP contribution in [0.5, 0.6) is 11.6 Å². The number of halogens is 1. The van der Waals surface area contributed by atoms with Crippen LogP contribution in [0.2, 0.25) is 0 Å². The van der Waals surface area contributed by atoms with E-state index in [-0.39, 0.29) is 0 Å². The highest BCUT2D eigenvalue weighted by Crippen LogP contribution is 2.32. The summed E-state index contributed by atoms with van der Waals surface area (Å²) in [5.41, 5.74) is 1.29. The van der Waals surface area contributed by atoms with Crippen molar-refractivity contribution in [2.24, 2.45) is 0 Å². The molecule has 5 heteroatoms. The Morgan fingerprint density at radius 3 is 2.52 bits per heavy atom. The van der Waals surface area contributed by atoms with Gasteiger partial charge in [0, 0.05) is 6.54 Å². The van der Waals surface area contributed by atoms with Crippen molar-refractivity contribution in [3.05, 3.63) is 40.6 Å². The lowest BCUT2D eigenvalue weighted by Gasteiger charge is -2.11. The third-order valence-electron chi connectivity index (χ3n) is 3.06. The summed E-state index contributed by atoms with van der Waals surface area (Å²) in [5.74, 6) is 2.54. The number of anilines is 1. The fraction of sp³-hybridized carbons (Fsp3) is 0.375. The van der Waals surface area contributed by atoms with Crippen LogP contribution < -0.4 is 10.1 Å². The molecule has 0 amide bonds. The van der Waals surface area contributed by atoms with E-state index >= 15 is 0 Å². The highest BCUT2D eigenvalue weighted by molar-refractivity contribution is 9.10. The summed E-state index contributed by atoms with van der Waals surface area (Å²) >= 11 is 3.49. The predicted molar refractivity (Wildman–Crippen MR) is 89.1 cm³/mol. The van der Waals surface area contributed by atoms with Crippen molar-refractivity contribution in [3.63, 3.8) is 0 Å². The van der Waals surface area contributed by atoms with E-state index in [0.29, 0.717) is 11.8 Å². The number of aromatic nitrogens is 2. The topological polar surface area (TPSA) is 47.0 Å². The minimum absolute atomic E-state index is 0.509. The van der Waals surface area contributed by atoms with Crippen molar-refractivity contribution >= 4 is 21.7 Å². The van der Waals surface area contributed by atoms with Crippen LogP contribution in [0.15, 0.2) is 35.1 Å². The van der Waals surface area contributed by atoms with E-state index in [9.17, 15) is 0 Å². The van der Waals surface area contributed by atoms with E-state index in [4.69, 9.17) is 4.74 Å². The number of rotatable bonds is 6. The van der Waals surface area contributed by atoms with Crippen molar-refractivity contribution in [3.8, 4) is 11.6 Å². The van der Waals surface area contributed by atoms with Crippen molar-refractivity contribution in [2.45, 2.75) is 33.1 Å². The molecule has 0 fully saturated rings. The van der Waals surface area contributed by atoms with Gasteiger partial charge in [0.1, 0.15) is 22.4 Å². The molecule has 0 spiro atoms. The lowest BCUT2D eigenvalue weighted by Crippen LogP contribution is -2.04. The molecule has 0 aliphatic carbocycles. The molecule has 1 N–H and O–H groups in total. The largest absolute Gasteiger partial charge is 0.438 e. The van der Waals surface area contributed by atoms with Gasteiger partial charge in [-0.05, 0) is 46.0 Å². The van der Waals surface area contributed by atoms with E-state index in [0.717, 1.165) is 29.0 Å². The lowest BCUT2D eigenvalue weighted by molar-refractivity contribution is 0.458. The standard InChI is InChI=1S/C16H20BrN3O/c1-4-9-18-15-14(17)16(20-10-19-15)21-13-7-5-12(6-8-13)11(2)3/h5-8,10-11H,4,9H2,1-3H3,(H,18,19,20). The first kappa shape index (κ1) is 15.8. The predicted octanol–water partition coefficient (Wildman–Crippen LogP) is 4.98. The summed E-state index contributed by atoms with van der Waals surface area (Å²) in [6.45, 7) is 7.30. The van der Waals surface area contributed by atoms with Gasteiger partial charge in [-0.1, -0.05) is 32.9 Å². The molecule has 0 aliphatic heterocycles. The number of nitrogens with zero attached hydrogens (tertiary/aromatic N) is 2. The Morgan fingerprint density at radius 2 is 1.90 bits per heavy atom. The van der Waals surface area contributed by atoms with Crippen LogP contribution in [0.1, 0.15) is 38.7 Å². The molecular formula is C16H20BrN3O. The Balaban J connectivity index is 2.15. The first-order valence-electron chi connectivity index (χ1n) is 7.14. The molecule has 0 saturated carbocycles. The molecule has 1 heterocycles. The fourth-order valence-electron chi connectivity index (χ4n) is 1.82. The van der Waals surface area contributed by atoms with Gasteiger partial charge in [-0.15, -0.1) is 0 Å². The smallest absolute Gasteiger partial charge is 0.238 e. The second-order valence-corrected chi connectivity index (χ2v) is 5.89. The van der Waals surface area contributed by atoms with Gasteiger partial charge >= 0.3 is 0 Å². The molecule has 0 bridgehead atoms. The van der Waals surface area contributed by atoms with Gasteiger partial charge in [-0.2, -0.15) is 0 Å². The third kappa shape index (κ3) is 4.17. The summed E-state index contributed by atoms with van der Waals surface area (Å²) in [4.78, 5) is 8.39. The average molecular weight is 350 g/mol. The number of ether oxygens (including phenoxy) is 1. The van der Waals surface area contributed by atoms with Crippen LogP contribution in [0.3, 0.4) is 0 Å². The summed E-state index contributed by atoms with van der Waals surface area (Å²) in [6, 6.07) is 8.07. The lowest BCUT2D eigenvalue weighted by atomic mass is 10.0. The Labute approximate surface area is 134 Å². The number of benzene rings is 1. The van der Waals surface area contributed by atoms with Crippen LogP contribution in [0.25, 0.3) is 0 Å². The maximum Gasteiger partial charge on any atom is 0.238 e. The van der Waals surface area contributed by atoms with Crippen molar-refractivity contribution < 1.29 is 4.74 Å². The van der Waals surface area contributed by atoms with Gasteiger partial charge in [0.05, 0.1) is 0 Å². The van der Waals surface area contributed by atoms with E-state index < -0.39 is 0 Å². The molecule has 0 saturated heterocycles. The van der Waals surface area contributed by atoms with Gasteiger partial charge < -0.3 is 10.1 Å². The molecular weight excluding hydrogens is 330 g/mol. The minimum Gasteiger partial charge on any atom is -0.438 e. The summed E-state index contributed by atoms with van der Waals surface area (Å²) in [6.07, 6.45) is 2.53. The van der Waals surface area contributed by atoms with Crippen LogP contribution in [0, 0.1) is 0 Å². The highest BCUT2D eigenvalue weighted by Gasteiger charge is 2.10. The van der Waals surface area contributed by atoms with E-state index in [1.54, 1.807) is 0 Å². The van der Waals surface area contributed by atoms with Crippen LogP contribution in [0.4, 0.5) is 5.82 Å². The molecule has 1 aromatic heterocycles. The van der Waals surface area contributed by atoms with Gasteiger partial charge in [0.25, 0.3) is 0 Å². The fourth-order valence-corrected chi connectivity index (χ4v) is 2.25. The van der Waals surface area contributed by atoms with Crippen molar-refractivity contribution in [2.75, 3.05) is 11.9 Å². The van der Waals surface area contributed by atoms with Crippen LogP contribution in [-0.2, 0) is 0 Å². The first-order valence-corrected chi connectivity index (χ1v) is 7.93. The van der Waals surface area contributed by atoms with Crippen molar-refractivity contribution in [1.29, 1.82) is 0 Å². The zero-order valence-corrected chi connectivity index (χ0v) is 14.1. The van der Waals surface area contributed by atoms with Crippen LogP contribution >= 0.6 is 15.9 Å². The van der Waals surface area contributed by atoms with E-state index in [2.05, 4.69) is 64.1 Å². The quantitative estimate of drug-likeness (QED) is 0.798. The highest BCUT2D eigenvalue weighted by atomic mass is 79.9. The van der Waals surface area contributed by atoms with Crippen LogP contribution in [-0.4, -0.2) is 16.5 Å².